The van der Waals surface area contributed by atoms with E-state index in [-0.39, 0.29) is 5.88 Å². The Morgan fingerprint density at radius 3 is 2.48 bits per heavy atom. The molecule has 1 aliphatic rings. The Hall–Kier alpha value is -3.25. The van der Waals surface area contributed by atoms with Crippen molar-refractivity contribution in [3.05, 3.63) is 59.7 Å². The van der Waals surface area contributed by atoms with E-state index in [0.717, 1.165) is 48.4 Å². The fraction of sp³-hybridized carbons (Fsp3) is 0.320. The number of ether oxygens (including phenoxy) is 2. The van der Waals surface area contributed by atoms with E-state index < -0.39 is 0 Å². The third kappa shape index (κ3) is 4.44. The lowest BCUT2D eigenvalue weighted by Crippen LogP contribution is -2.26. The number of H-pyrrole nitrogens is 1. The quantitative estimate of drug-likeness (QED) is 0.409. The first-order valence-electron chi connectivity index (χ1n) is 10.6. The standard InChI is InChI=1S/C25H29N3O3/c1-4-20(24-19-14-22(30-2)23(31-3)15-21(19)27-25(24)29)26-18-10-8-17(9-11-18)16-28-12-6-5-7-13-28/h5-6,8-11,14-15,27,29H,4,7,12-13,16H2,1-3H3. The fourth-order valence-corrected chi connectivity index (χ4v) is 4.03. The third-order valence-electron chi connectivity index (χ3n) is 5.66. The van der Waals surface area contributed by atoms with E-state index >= 15 is 0 Å². The first kappa shape index (κ1) is 21.0. The monoisotopic (exact) mass is 419 g/mol. The summed E-state index contributed by atoms with van der Waals surface area (Å²) in [6.07, 6.45) is 6.27. The molecule has 0 aliphatic carbocycles. The Labute approximate surface area is 182 Å². The molecule has 0 fully saturated rings. The molecule has 2 aromatic carbocycles. The summed E-state index contributed by atoms with van der Waals surface area (Å²) >= 11 is 0. The largest absolute Gasteiger partial charge is 0.494 e. The Kier molecular flexibility index (Phi) is 6.28. The van der Waals surface area contributed by atoms with Crippen molar-refractivity contribution >= 4 is 22.3 Å². The van der Waals surface area contributed by atoms with Crippen LogP contribution in [-0.4, -0.2) is 48.0 Å². The normalized spacial score (nSPS) is 14.9. The average molecular weight is 420 g/mol. The number of aromatic amines is 1. The van der Waals surface area contributed by atoms with E-state index in [0.29, 0.717) is 23.5 Å². The van der Waals surface area contributed by atoms with Gasteiger partial charge in [0, 0.05) is 31.1 Å². The zero-order valence-corrected chi connectivity index (χ0v) is 18.3. The molecule has 0 radical (unpaired) electrons. The van der Waals surface area contributed by atoms with Gasteiger partial charge in [0.2, 0.25) is 0 Å². The van der Waals surface area contributed by atoms with Crippen LogP contribution < -0.4 is 9.47 Å². The van der Waals surface area contributed by atoms with Gasteiger partial charge in [-0.15, -0.1) is 0 Å². The summed E-state index contributed by atoms with van der Waals surface area (Å²) in [5.74, 6) is 1.32. The van der Waals surface area contributed by atoms with Crippen molar-refractivity contribution in [1.82, 2.24) is 9.88 Å². The van der Waals surface area contributed by atoms with E-state index in [2.05, 4.69) is 34.2 Å². The van der Waals surface area contributed by atoms with E-state index in [1.807, 2.05) is 31.2 Å². The van der Waals surface area contributed by atoms with Crippen LogP contribution in [-0.2, 0) is 6.54 Å². The fourth-order valence-electron chi connectivity index (χ4n) is 4.03. The number of hydrogen-bond donors (Lipinski definition) is 2. The molecule has 1 aromatic heterocycles. The summed E-state index contributed by atoms with van der Waals surface area (Å²) in [5, 5.41) is 11.5. The first-order chi connectivity index (χ1) is 15.1. The van der Waals surface area contributed by atoms with Crippen LogP contribution >= 0.6 is 0 Å². The molecule has 31 heavy (non-hydrogen) atoms. The van der Waals surface area contributed by atoms with Crippen LogP contribution in [0.1, 0.15) is 30.9 Å². The lowest BCUT2D eigenvalue weighted by Gasteiger charge is -2.22. The average Bonchev–Trinajstić information content (AvgIpc) is 3.12. The highest BCUT2D eigenvalue weighted by atomic mass is 16.5. The number of aliphatic imine (C=N–C) groups is 1. The minimum Gasteiger partial charge on any atom is -0.494 e. The molecule has 0 saturated heterocycles. The van der Waals surface area contributed by atoms with Gasteiger partial charge < -0.3 is 19.6 Å². The second-order valence-corrected chi connectivity index (χ2v) is 7.68. The summed E-state index contributed by atoms with van der Waals surface area (Å²) in [4.78, 5) is 10.3. The highest BCUT2D eigenvalue weighted by Crippen LogP contribution is 2.37. The molecule has 0 atom stereocenters. The van der Waals surface area contributed by atoms with Gasteiger partial charge in [0.1, 0.15) is 0 Å². The van der Waals surface area contributed by atoms with E-state index in [1.165, 1.54) is 5.56 Å². The molecule has 4 rings (SSSR count). The first-order valence-corrected chi connectivity index (χ1v) is 10.6. The van der Waals surface area contributed by atoms with Crippen LogP contribution in [0.3, 0.4) is 0 Å². The van der Waals surface area contributed by atoms with Gasteiger partial charge in [-0.05, 0) is 36.6 Å². The minimum absolute atomic E-state index is 0.0979. The molecular formula is C25H29N3O3. The minimum atomic E-state index is 0.0979. The van der Waals surface area contributed by atoms with Crippen molar-refractivity contribution in [3.8, 4) is 17.4 Å². The summed E-state index contributed by atoms with van der Waals surface area (Å²) in [5.41, 5.74) is 4.43. The van der Waals surface area contributed by atoms with Crippen molar-refractivity contribution in [2.24, 2.45) is 4.99 Å². The van der Waals surface area contributed by atoms with E-state index in [9.17, 15) is 5.11 Å². The van der Waals surface area contributed by atoms with Gasteiger partial charge in [-0.2, -0.15) is 0 Å². The molecule has 2 N–H and O–H groups in total. The van der Waals surface area contributed by atoms with Gasteiger partial charge in [0.05, 0.1) is 36.7 Å². The Morgan fingerprint density at radius 2 is 1.84 bits per heavy atom. The van der Waals surface area contributed by atoms with Crippen molar-refractivity contribution in [2.45, 2.75) is 26.3 Å². The van der Waals surface area contributed by atoms with E-state index in [4.69, 9.17) is 14.5 Å². The zero-order valence-electron chi connectivity index (χ0n) is 18.3. The summed E-state index contributed by atoms with van der Waals surface area (Å²) in [6.45, 7) is 5.09. The predicted molar refractivity (Wildman–Crippen MR) is 125 cm³/mol. The maximum atomic E-state index is 10.6. The SMILES string of the molecule is CCC(=Nc1ccc(CN2CC=CCC2)cc1)c1c(O)[nH]c2cc(OC)c(OC)cc12. The number of methoxy groups -OCH3 is 2. The number of aromatic hydroxyl groups is 1. The number of aromatic nitrogens is 1. The predicted octanol–water partition coefficient (Wildman–Crippen LogP) is 5.18. The highest BCUT2D eigenvalue weighted by Gasteiger charge is 2.18. The van der Waals surface area contributed by atoms with Crippen molar-refractivity contribution in [2.75, 3.05) is 27.3 Å². The maximum absolute atomic E-state index is 10.6. The molecule has 0 saturated carbocycles. The van der Waals surface area contributed by atoms with Crippen molar-refractivity contribution in [3.63, 3.8) is 0 Å². The van der Waals surface area contributed by atoms with Crippen LogP contribution in [0.15, 0.2) is 53.5 Å². The van der Waals surface area contributed by atoms with Crippen LogP contribution in [0.25, 0.3) is 10.9 Å². The number of rotatable bonds is 7. The molecule has 6 nitrogen and oxygen atoms in total. The van der Waals surface area contributed by atoms with Crippen molar-refractivity contribution < 1.29 is 14.6 Å². The van der Waals surface area contributed by atoms with Crippen LogP contribution in [0.4, 0.5) is 5.69 Å². The molecule has 0 unspecified atom stereocenters. The molecule has 0 bridgehead atoms. The van der Waals surface area contributed by atoms with Gasteiger partial charge >= 0.3 is 0 Å². The summed E-state index contributed by atoms with van der Waals surface area (Å²) in [6, 6.07) is 12.1. The molecule has 6 heteroatoms. The van der Waals surface area contributed by atoms with Crippen LogP contribution in [0.2, 0.25) is 0 Å². The van der Waals surface area contributed by atoms with Gasteiger partial charge in [-0.3, -0.25) is 9.89 Å². The molecular weight excluding hydrogens is 390 g/mol. The molecule has 162 valence electrons. The molecule has 0 spiro atoms. The maximum Gasteiger partial charge on any atom is 0.198 e. The van der Waals surface area contributed by atoms with Crippen LogP contribution in [0, 0.1) is 0 Å². The topological polar surface area (TPSA) is 70.1 Å². The Balaban J connectivity index is 1.64. The van der Waals surface area contributed by atoms with Crippen LogP contribution in [0.5, 0.6) is 17.4 Å². The molecule has 1 aliphatic heterocycles. The second kappa shape index (κ2) is 9.27. The smallest absolute Gasteiger partial charge is 0.198 e. The van der Waals surface area contributed by atoms with Gasteiger partial charge in [-0.1, -0.05) is 31.2 Å². The number of hydrogen-bond acceptors (Lipinski definition) is 5. The number of nitrogens with zero attached hydrogens (tertiary/aromatic N) is 2. The molecule has 0 amide bonds. The third-order valence-corrected chi connectivity index (χ3v) is 5.66. The summed E-state index contributed by atoms with van der Waals surface area (Å²) < 4.78 is 10.8. The number of fused-ring (bicyclic) bond motifs is 1. The highest BCUT2D eigenvalue weighted by molar-refractivity contribution is 6.14. The zero-order chi connectivity index (χ0) is 21.8. The van der Waals surface area contributed by atoms with Gasteiger partial charge in [0.15, 0.2) is 17.4 Å². The van der Waals surface area contributed by atoms with Gasteiger partial charge in [0.25, 0.3) is 0 Å². The van der Waals surface area contributed by atoms with Crippen molar-refractivity contribution in [1.29, 1.82) is 0 Å². The second-order valence-electron chi connectivity index (χ2n) is 7.68. The van der Waals surface area contributed by atoms with E-state index in [1.54, 1.807) is 14.2 Å². The molecule has 3 aromatic rings. The lowest BCUT2D eigenvalue weighted by molar-refractivity contribution is 0.291. The Morgan fingerprint density at radius 1 is 1.10 bits per heavy atom. The molecule has 2 heterocycles. The number of nitrogens with one attached hydrogen (secondary N) is 1. The lowest BCUT2D eigenvalue weighted by atomic mass is 10.1. The van der Waals surface area contributed by atoms with Gasteiger partial charge in [-0.25, -0.2) is 0 Å². The Bertz CT molecular complexity index is 1110. The number of benzene rings is 2. The summed E-state index contributed by atoms with van der Waals surface area (Å²) in [7, 11) is 3.20.